The fraction of sp³-hybridized carbons (Fsp3) is 0.476. The van der Waals surface area contributed by atoms with E-state index in [9.17, 15) is 9.59 Å². The average molecular weight is 403 g/mol. The Morgan fingerprint density at radius 2 is 2.11 bits per heavy atom. The highest BCUT2D eigenvalue weighted by Crippen LogP contribution is 2.20. The Labute approximate surface area is 170 Å². The number of carbonyl (C=O) groups is 1. The van der Waals surface area contributed by atoms with Gasteiger partial charge in [0.05, 0.1) is 10.7 Å². The zero-order valence-electron chi connectivity index (χ0n) is 16.4. The van der Waals surface area contributed by atoms with Crippen LogP contribution >= 0.6 is 11.6 Å². The van der Waals surface area contributed by atoms with Gasteiger partial charge in [-0.2, -0.15) is 5.10 Å². The van der Waals surface area contributed by atoms with Crippen molar-refractivity contribution in [2.75, 3.05) is 19.6 Å². The lowest BCUT2D eigenvalue weighted by Gasteiger charge is -2.33. The van der Waals surface area contributed by atoms with Gasteiger partial charge in [-0.3, -0.25) is 9.59 Å². The molecule has 0 spiro atoms. The maximum atomic E-state index is 12.5. The number of para-hydroxylation sites is 1. The SMILES string of the molecule is Cc1cc(=O)c(C(=O)NCCCN2CCCC[C@@H]2C)nn1-c1ccccc1Cl. The summed E-state index contributed by atoms with van der Waals surface area (Å²) in [6, 6.07) is 9.22. The van der Waals surface area contributed by atoms with Crippen LogP contribution in [0.15, 0.2) is 35.1 Å². The van der Waals surface area contributed by atoms with Crippen LogP contribution in [0.4, 0.5) is 0 Å². The summed E-state index contributed by atoms with van der Waals surface area (Å²) in [6.45, 7) is 6.61. The van der Waals surface area contributed by atoms with Gasteiger partial charge >= 0.3 is 0 Å². The van der Waals surface area contributed by atoms with E-state index < -0.39 is 5.91 Å². The molecule has 1 N–H and O–H groups in total. The number of amides is 1. The summed E-state index contributed by atoms with van der Waals surface area (Å²) >= 11 is 6.25. The molecule has 6 nitrogen and oxygen atoms in total. The number of carbonyl (C=O) groups excluding carboxylic acids is 1. The van der Waals surface area contributed by atoms with Crippen LogP contribution in [-0.4, -0.2) is 46.3 Å². The monoisotopic (exact) mass is 402 g/mol. The van der Waals surface area contributed by atoms with E-state index >= 15 is 0 Å². The molecule has 1 aromatic carbocycles. The van der Waals surface area contributed by atoms with Crippen LogP contribution in [0, 0.1) is 6.92 Å². The maximum absolute atomic E-state index is 12.5. The summed E-state index contributed by atoms with van der Waals surface area (Å²) in [5.74, 6) is -0.447. The number of aromatic nitrogens is 2. The molecule has 150 valence electrons. The molecule has 0 aliphatic carbocycles. The van der Waals surface area contributed by atoms with Gasteiger partial charge in [0.1, 0.15) is 0 Å². The molecule has 7 heteroatoms. The molecule has 1 aliphatic heterocycles. The molecule has 0 radical (unpaired) electrons. The van der Waals surface area contributed by atoms with Crippen molar-refractivity contribution in [2.45, 2.75) is 45.6 Å². The third-order valence-corrected chi connectivity index (χ3v) is 5.57. The number of rotatable bonds is 6. The summed E-state index contributed by atoms with van der Waals surface area (Å²) in [5, 5.41) is 7.62. The number of nitrogens with zero attached hydrogens (tertiary/aromatic N) is 3. The number of nitrogens with one attached hydrogen (secondary N) is 1. The highest BCUT2D eigenvalue weighted by atomic mass is 35.5. The first-order chi connectivity index (χ1) is 13.5. The molecule has 0 saturated carbocycles. The van der Waals surface area contributed by atoms with E-state index in [0.717, 1.165) is 19.5 Å². The van der Waals surface area contributed by atoms with E-state index in [4.69, 9.17) is 11.6 Å². The van der Waals surface area contributed by atoms with Crippen LogP contribution in [-0.2, 0) is 0 Å². The number of hydrogen-bond donors (Lipinski definition) is 1. The van der Waals surface area contributed by atoms with E-state index in [2.05, 4.69) is 22.2 Å². The van der Waals surface area contributed by atoms with Crippen LogP contribution in [0.2, 0.25) is 5.02 Å². The van der Waals surface area contributed by atoms with E-state index in [1.165, 1.54) is 30.0 Å². The fourth-order valence-electron chi connectivity index (χ4n) is 3.63. The molecule has 2 heterocycles. The lowest BCUT2D eigenvalue weighted by atomic mass is 10.0. The zero-order chi connectivity index (χ0) is 20.1. The smallest absolute Gasteiger partial charge is 0.275 e. The van der Waals surface area contributed by atoms with E-state index in [0.29, 0.717) is 29.0 Å². The third-order valence-electron chi connectivity index (χ3n) is 5.25. The topological polar surface area (TPSA) is 67.2 Å². The molecule has 1 amide bonds. The molecule has 0 bridgehead atoms. The molecule has 1 aliphatic rings. The Bertz CT molecular complexity index is 896. The predicted octanol–water partition coefficient (Wildman–Crippen LogP) is 3.19. The molecule has 3 rings (SSSR count). The van der Waals surface area contributed by atoms with Crippen molar-refractivity contribution in [2.24, 2.45) is 0 Å². The summed E-state index contributed by atoms with van der Waals surface area (Å²) in [7, 11) is 0. The molecule has 28 heavy (non-hydrogen) atoms. The van der Waals surface area contributed by atoms with Crippen LogP contribution in [0.25, 0.3) is 5.69 Å². The van der Waals surface area contributed by atoms with Gasteiger partial charge in [0.15, 0.2) is 5.69 Å². The number of aryl methyl sites for hydroxylation is 1. The zero-order valence-corrected chi connectivity index (χ0v) is 17.2. The first kappa shape index (κ1) is 20.6. The van der Waals surface area contributed by atoms with Crippen LogP contribution in [0.5, 0.6) is 0 Å². The van der Waals surface area contributed by atoms with Gasteiger partial charge in [0.2, 0.25) is 5.43 Å². The Morgan fingerprint density at radius 1 is 1.32 bits per heavy atom. The van der Waals surface area contributed by atoms with Crippen molar-refractivity contribution in [1.82, 2.24) is 20.0 Å². The first-order valence-electron chi connectivity index (χ1n) is 9.85. The molecule has 0 unspecified atom stereocenters. The Kier molecular flexibility index (Phi) is 6.86. The first-order valence-corrected chi connectivity index (χ1v) is 10.2. The standard InChI is InChI=1S/C21H27ClN4O2/c1-15-8-5-6-12-25(15)13-7-11-23-21(28)20-19(27)14-16(2)26(24-20)18-10-4-3-9-17(18)22/h3-4,9-10,14-15H,5-8,11-13H2,1-2H3,(H,23,28)/t15-/m0/s1. The van der Waals surface area contributed by atoms with Gasteiger partial charge in [-0.1, -0.05) is 30.2 Å². The van der Waals surface area contributed by atoms with Gasteiger partial charge in [-0.05, 0) is 51.8 Å². The molecule has 1 aromatic heterocycles. The molecule has 1 saturated heterocycles. The van der Waals surface area contributed by atoms with Crippen LogP contribution in [0.3, 0.4) is 0 Å². The van der Waals surface area contributed by atoms with Crippen molar-refractivity contribution >= 4 is 17.5 Å². The van der Waals surface area contributed by atoms with Crippen molar-refractivity contribution in [3.8, 4) is 5.69 Å². The minimum Gasteiger partial charge on any atom is -0.350 e. The quantitative estimate of drug-likeness (QED) is 0.753. The summed E-state index contributed by atoms with van der Waals surface area (Å²) in [5.41, 5.74) is 0.753. The third kappa shape index (κ3) is 4.80. The second-order valence-electron chi connectivity index (χ2n) is 7.35. The molecular formula is C21H27ClN4O2. The van der Waals surface area contributed by atoms with E-state index in [1.807, 2.05) is 12.1 Å². The highest BCUT2D eigenvalue weighted by Gasteiger charge is 2.18. The van der Waals surface area contributed by atoms with Gasteiger partial charge in [0, 0.05) is 30.9 Å². The second-order valence-corrected chi connectivity index (χ2v) is 7.76. The normalized spacial score (nSPS) is 17.5. The van der Waals surface area contributed by atoms with Crippen molar-refractivity contribution in [3.05, 3.63) is 57.0 Å². The molecule has 1 fully saturated rings. The fourth-order valence-corrected chi connectivity index (χ4v) is 3.85. The van der Waals surface area contributed by atoms with Gasteiger partial charge in [-0.15, -0.1) is 0 Å². The van der Waals surface area contributed by atoms with Crippen molar-refractivity contribution in [3.63, 3.8) is 0 Å². The molecule has 1 atom stereocenters. The summed E-state index contributed by atoms with van der Waals surface area (Å²) < 4.78 is 1.54. The summed E-state index contributed by atoms with van der Waals surface area (Å²) in [4.78, 5) is 27.3. The Hall–Kier alpha value is -2.18. The van der Waals surface area contributed by atoms with Crippen molar-refractivity contribution in [1.29, 1.82) is 0 Å². The van der Waals surface area contributed by atoms with Crippen LogP contribution in [0.1, 0.15) is 48.8 Å². The summed E-state index contributed by atoms with van der Waals surface area (Å²) in [6.07, 6.45) is 4.62. The van der Waals surface area contributed by atoms with Gasteiger partial charge in [0.25, 0.3) is 5.91 Å². The average Bonchev–Trinajstić information content (AvgIpc) is 2.67. The predicted molar refractivity (Wildman–Crippen MR) is 111 cm³/mol. The number of halogens is 1. The lowest BCUT2D eigenvalue weighted by Crippen LogP contribution is -2.39. The number of likely N-dealkylation sites (tertiary alicyclic amines) is 1. The largest absolute Gasteiger partial charge is 0.350 e. The highest BCUT2D eigenvalue weighted by molar-refractivity contribution is 6.32. The minimum absolute atomic E-state index is 0.114. The second kappa shape index (κ2) is 9.34. The lowest BCUT2D eigenvalue weighted by molar-refractivity contribution is 0.0941. The molecular weight excluding hydrogens is 376 g/mol. The number of benzene rings is 1. The minimum atomic E-state index is -0.447. The van der Waals surface area contributed by atoms with Crippen molar-refractivity contribution < 1.29 is 4.79 Å². The number of piperidine rings is 1. The Balaban J connectivity index is 1.66. The van der Waals surface area contributed by atoms with Gasteiger partial charge < -0.3 is 10.2 Å². The molecule has 2 aromatic rings. The van der Waals surface area contributed by atoms with E-state index in [1.54, 1.807) is 19.1 Å². The Morgan fingerprint density at radius 3 is 2.86 bits per heavy atom. The van der Waals surface area contributed by atoms with Gasteiger partial charge in [-0.25, -0.2) is 4.68 Å². The number of hydrogen-bond acceptors (Lipinski definition) is 4. The maximum Gasteiger partial charge on any atom is 0.275 e. The van der Waals surface area contributed by atoms with E-state index in [-0.39, 0.29) is 11.1 Å². The van der Waals surface area contributed by atoms with Crippen LogP contribution < -0.4 is 10.7 Å².